The highest BCUT2D eigenvalue weighted by molar-refractivity contribution is 6.04. The molecule has 3 aromatic heterocycles. The average molecular weight is 485 g/mol. The third-order valence-electron chi connectivity index (χ3n) is 4.71. The Morgan fingerprint density at radius 3 is 2.24 bits per heavy atom. The molecule has 0 aliphatic carbocycles. The zero-order valence-corrected chi connectivity index (χ0v) is 17.2. The van der Waals surface area contributed by atoms with Crippen LogP contribution in [0, 0.1) is 6.92 Å². The second kappa shape index (κ2) is 7.71. The maximum absolute atomic E-state index is 13.1. The molecule has 0 atom stereocenters. The minimum absolute atomic E-state index is 0.0804. The smallest absolute Gasteiger partial charge is 0.306 e. The van der Waals surface area contributed by atoms with Crippen LogP contribution < -0.4 is 10.9 Å². The number of fused-ring (bicyclic) bond motifs is 1. The summed E-state index contributed by atoms with van der Waals surface area (Å²) in [4.78, 5) is 31.6. The fourth-order valence-corrected chi connectivity index (χ4v) is 3.15. The number of amides is 1. The molecule has 0 bridgehead atoms. The Labute approximate surface area is 185 Å². The molecule has 0 saturated heterocycles. The standard InChI is InChI=1S/C19H13F6N7O2/c1-8-3-13(32(30-8)17-28-14-12(16(34)29-17)7-26-31(14)2)27-15(33)9-4-10(18(20,21)22)6-11(5-9)19(23,24)25/h3-7H,1-2H3,(H,27,33)(H,28,29,34). The van der Waals surface area contributed by atoms with Crippen molar-refractivity contribution in [3.05, 3.63) is 63.2 Å². The molecule has 0 saturated carbocycles. The van der Waals surface area contributed by atoms with E-state index in [0.29, 0.717) is 17.8 Å². The number of rotatable bonds is 3. The minimum Gasteiger partial charge on any atom is -0.306 e. The van der Waals surface area contributed by atoms with Crippen LogP contribution in [0.15, 0.2) is 35.3 Å². The first-order valence-corrected chi connectivity index (χ1v) is 9.34. The number of aryl methyl sites for hydroxylation is 2. The van der Waals surface area contributed by atoms with Crippen LogP contribution in [0.2, 0.25) is 0 Å². The maximum atomic E-state index is 13.1. The number of aromatic nitrogens is 6. The average Bonchev–Trinajstić information content (AvgIpc) is 3.29. The summed E-state index contributed by atoms with van der Waals surface area (Å²) in [5.74, 6) is -1.58. The summed E-state index contributed by atoms with van der Waals surface area (Å²) in [5, 5.41) is 10.4. The fraction of sp³-hybridized carbons (Fsp3) is 0.211. The van der Waals surface area contributed by atoms with Gasteiger partial charge in [0.05, 0.1) is 23.0 Å². The van der Waals surface area contributed by atoms with Gasteiger partial charge in [-0.3, -0.25) is 19.3 Å². The Bertz CT molecular complexity index is 1450. The van der Waals surface area contributed by atoms with E-state index in [1.54, 1.807) is 0 Å². The molecule has 9 nitrogen and oxygen atoms in total. The molecular formula is C19H13F6N7O2. The number of alkyl halides is 6. The molecule has 15 heteroatoms. The zero-order valence-electron chi connectivity index (χ0n) is 17.2. The van der Waals surface area contributed by atoms with Crippen molar-refractivity contribution in [2.24, 2.45) is 7.05 Å². The Morgan fingerprint density at radius 1 is 1.03 bits per heavy atom. The third kappa shape index (κ3) is 4.23. The van der Waals surface area contributed by atoms with E-state index in [-0.39, 0.29) is 28.9 Å². The zero-order chi connectivity index (χ0) is 25.0. The van der Waals surface area contributed by atoms with Crippen molar-refractivity contribution < 1.29 is 31.1 Å². The Hall–Kier alpha value is -4.17. The van der Waals surface area contributed by atoms with Gasteiger partial charge in [-0.1, -0.05) is 0 Å². The van der Waals surface area contributed by atoms with Crippen LogP contribution in [-0.2, 0) is 19.4 Å². The molecule has 0 unspecified atom stereocenters. The number of carbonyl (C=O) groups excluding carboxylic acids is 1. The second-order valence-electron chi connectivity index (χ2n) is 7.23. The van der Waals surface area contributed by atoms with E-state index in [4.69, 9.17) is 0 Å². The summed E-state index contributed by atoms with van der Waals surface area (Å²) in [6.07, 6.45) is -8.94. The van der Waals surface area contributed by atoms with Crippen molar-refractivity contribution in [1.82, 2.24) is 29.5 Å². The first-order chi connectivity index (χ1) is 15.7. The monoisotopic (exact) mass is 485 g/mol. The number of anilines is 1. The van der Waals surface area contributed by atoms with Gasteiger partial charge in [0.2, 0.25) is 5.95 Å². The van der Waals surface area contributed by atoms with E-state index in [0.717, 1.165) is 4.68 Å². The van der Waals surface area contributed by atoms with Gasteiger partial charge in [0.1, 0.15) is 11.2 Å². The molecular weight excluding hydrogens is 472 g/mol. The highest BCUT2D eigenvalue weighted by atomic mass is 19.4. The van der Waals surface area contributed by atoms with E-state index in [1.807, 2.05) is 0 Å². The summed E-state index contributed by atoms with van der Waals surface area (Å²) in [5.41, 5.74) is -4.24. The molecule has 0 aliphatic heterocycles. The van der Waals surface area contributed by atoms with Crippen molar-refractivity contribution >= 4 is 22.8 Å². The third-order valence-corrected chi connectivity index (χ3v) is 4.71. The van der Waals surface area contributed by atoms with Crippen molar-refractivity contribution in [3.8, 4) is 5.95 Å². The molecule has 1 amide bonds. The van der Waals surface area contributed by atoms with Gasteiger partial charge in [0.15, 0.2) is 5.65 Å². The molecule has 0 aliphatic rings. The number of nitrogens with one attached hydrogen (secondary N) is 2. The van der Waals surface area contributed by atoms with Crippen molar-refractivity contribution in [1.29, 1.82) is 0 Å². The number of carbonyl (C=O) groups is 1. The van der Waals surface area contributed by atoms with Crippen LogP contribution in [0.3, 0.4) is 0 Å². The lowest BCUT2D eigenvalue weighted by Gasteiger charge is -2.14. The van der Waals surface area contributed by atoms with Gasteiger partial charge in [-0.05, 0) is 25.1 Å². The molecule has 4 rings (SSSR count). The number of halogens is 6. The number of nitrogens with zero attached hydrogens (tertiary/aromatic N) is 5. The lowest BCUT2D eigenvalue weighted by atomic mass is 10.0. The maximum Gasteiger partial charge on any atom is 0.416 e. The summed E-state index contributed by atoms with van der Waals surface area (Å²) in [6.45, 7) is 1.51. The minimum atomic E-state index is -5.11. The molecule has 178 valence electrons. The molecule has 0 spiro atoms. The van der Waals surface area contributed by atoms with E-state index in [2.05, 4.69) is 25.5 Å². The Balaban J connectivity index is 1.76. The van der Waals surface area contributed by atoms with E-state index >= 15 is 0 Å². The summed E-state index contributed by atoms with van der Waals surface area (Å²) >= 11 is 0. The lowest BCUT2D eigenvalue weighted by molar-refractivity contribution is -0.143. The number of hydrogen-bond acceptors (Lipinski definition) is 5. The van der Waals surface area contributed by atoms with Crippen molar-refractivity contribution in [2.75, 3.05) is 5.32 Å². The van der Waals surface area contributed by atoms with Gasteiger partial charge < -0.3 is 5.32 Å². The van der Waals surface area contributed by atoms with Crippen LogP contribution in [0.25, 0.3) is 17.0 Å². The second-order valence-corrected chi connectivity index (χ2v) is 7.23. The van der Waals surface area contributed by atoms with Gasteiger partial charge in [-0.25, -0.2) is 0 Å². The fourth-order valence-electron chi connectivity index (χ4n) is 3.15. The molecule has 0 fully saturated rings. The number of H-pyrrole nitrogens is 1. The predicted octanol–water partition coefficient (Wildman–Crippen LogP) is 3.44. The van der Waals surface area contributed by atoms with E-state index < -0.39 is 40.5 Å². The molecule has 1 aromatic carbocycles. The van der Waals surface area contributed by atoms with Gasteiger partial charge >= 0.3 is 12.4 Å². The van der Waals surface area contributed by atoms with Crippen LogP contribution >= 0.6 is 0 Å². The molecule has 2 N–H and O–H groups in total. The topological polar surface area (TPSA) is 110 Å². The molecule has 4 aromatic rings. The SMILES string of the molecule is Cc1cc(NC(=O)c2cc(C(F)(F)F)cc(C(F)(F)F)c2)n(-c2nc3c(cnn3C)c(=O)[nH]2)n1. The normalized spacial score (nSPS) is 12.4. The Kier molecular flexibility index (Phi) is 5.21. The molecule has 0 radical (unpaired) electrons. The van der Waals surface area contributed by atoms with Gasteiger partial charge in [0.25, 0.3) is 11.5 Å². The quantitative estimate of drug-likeness (QED) is 0.432. The summed E-state index contributed by atoms with van der Waals surface area (Å²) < 4.78 is 81.0. The Morgan fingerprint density at radius 2 is 1.65 bits per heavy atom. The van der Waals surface area contributed by atoms with Gasteiger partial charge in [-0.15, -0.1) is 0 Å². The molecule has 34 heavy (non-hydrogen) atoms. The number of benzene rings is 1. The summed E-state index contributed by atoms with van der Waals surface area (Å²) in [6, 6.07) is 1.83. The first-order valence-electron chi connectivity index (χ1n) is 9.34. The lowest BCUT2D eigenvalue weighted by Crippen LogP contribution is -2.20. The first kappa shape index (κ1) is 23.0. The predicted molar refractivity (Wildman–Crippen MR) is 105 cm³/mol. The van der Waals surface area contributed by atoms with E-state index in [1.165, 1.54) is 30.9 Å². The van der Waals surface area contributed by atoms with Crippen LogP contribution in [-0.4, -0.2) is 35.4 Å². The summed E-state index contributed by atoms with van der Waals surface area (Å²) in [7, 11) is 1.53. The van der Waals surface area contributed by atoms with Gasteiger partial charge in [0, 0.05) is 18.7 Å². The number of hydrogen-bond donors (Lipinski definition) is 2. The number of aromatic amines is 1. The van der Waals surface area contributed by atoms with Crippen LogP contribution in [0.5, 0.6) is 0 Å². The largest absolute Gasteiger partial charge is 0.416 e. The highest BCUT2D eigenvalue weighted by Crippen LogP contribution is 2.36. The van der Waals surface area contributed by atoms with E-state index in [9.17, 15) is 35.9 Å². The van der Waals surface area contributed by atoms with Crippen molar-refractivity contribution in [3.63, 3.8) is 0 Å². The molecule has 3 heterocycles. The highest BCUT2D eigenvalue weighted by Gasteiger charge is 2.37. The van der Waals surface area contributed by atoms with Crippen LogP contribution in [0.1, 0.15) is 27.2 Å². The van der Waals surface area contributed by atoms with Crippen molar-refractivity contribution in [2.45, 2.75) is 19.3 Å². The van der Waals surface area contributed by atoms with Crippen LogP contribution in [0.4, 0.5) is 32.2 Å². The van der Waals surface area contributed by atoms with Gasteiger partial charge in [-0.2, -0.15) is 46.2 Å².